The smallest absolute Gasteiger partial charge is 0.339 e. The zero-order valence-corrected chi connectivity index (χ0v) is 13.5. The monoisotopic (exact) mass is 307 g/mol. The van der Waals surface area contributed by atoms with Crippen molar-refractivity contribution in [2.75, 3.05) is 5.73 Å². The molecule has 0 saturated heterocycles. The van der Waals surface area contributed by atoms with Gasteiger partial charge in [-0.15, -0.1) is 0 Å². The van der Waals surface area contributed by atoms with Gasteiger partial charge in [-0.3, -0.25) is 0 Å². The van der Waals surface area contributed by atoms with Crippen LogP contribution in [0.15, 0.2) is 18.2 Å². The Labute approximate surface area is 130 Å². The van der Waals surface area contributed by atoms with Crippen LogP contribution in [0.3, 0.4) is 0 Å². The number of carbonyl (C=O) groups excluding carboxylic acids is 1. The molecule has 0 radical (unpaired) electrons. The van der Waals surface area contributed by atoms with Crippen LogP contribution in [-0.4, -0.2) is 12.1 Å². The minimum Gasteiger partial charge on any atom is -0.458 e. The summed E-state index contributed by atoms with van der Waals surface area (Å²) in [4.78, 5) is 12.4. The number of nitrogens with two attached hydrogens (primary N) is 1. The average Bonchev–Trinajstić information content (AvgIpc) is 2.71. The van der Waals surface area contributed by atoms with Crippen molar-refractivity contribution in [1.29, 1.82) is 0 Å². The van der Waals surface area contributed by atoms with E-state index < -0.39 is 0 Å². The van der Waals surface area contributed by atoms with Crippen molar-refractivity contribution in [3.8, 4) is 0 Å². The van der Waals surface area contributed by atoms with E-state index in [0.717, 1.165) is 12.8 Å². The molecule has 0 aliphatic heterocycles. The second kappa shape index (κ2) is 4.64. The molecule has 2 bridgehead atoms. The molecule has 2 saturated carbocycles. The van der Waals surface area contributed by atoms with Crippen LogP contribution in [0.5, 0.6) is 0 Å². The Morgan fingerprint density at radius 2 is 2.10 bits per heavy atom. The first-order chi connectivity index (χ1) is 9.75. The molecule has 2 aliphatic rings. The van der Waals surface area contributed by atoms with Crippen LogP contribution in [0.1, 0.15) is 50.4 Å². The van der Waals surface area contributed by atoms with E-state index in [0.29, 0.717) is 22.2 Å². The van der Waals surface area contributed by atoms with Crippen molar-refractivity contribution in [2.24, 2.45) is 16.7 Å². The Balaban J connectivity index is 1.80. The van der Waals surface area contributed by atoms with Gasteiger partial charge in [0.15, 0.2) is 0 Å². The number of esters is 1. The molecule has 1 aromatic rings. The van der Waals surface area contributed by atoms with E-state index in [1.807, 2.05) is 0 Å². The molecule has 3 nitrogen and oxygen atoms in total. The van der Waals surface area contributed by atoms with E-state index in [2.05, 4.69) is 20.8 Å². The molecule has 4 heteroatoms. The molecule has 0 amide bonds. The molecule has 2 aliphatic carbocycles. The van der Waals surface area contributed by atoms with Gasteiger partial charge >= 0.3 is 5.97 Å². The van der Waals surface area contributed by atoms with Crippen molar-refractivity contribution in [3.63, 3.8) is 0 Å². The molecule has 2 N–H and O–H groups in total. The van der Waals surface area contributed by atoms with Crippen molar-refractivity contribution in [3.05, 3.63) is 28.8 Å². The summed E-state index contributed by atoms with van der Waals surface area (Å²) < 4.78 is 5.83. The van der Waals surface area contributed by atoms with Gasteiger partial charge in [0.2, 0.25) is 0 Å². The maximum Gasteiger partial charge on any atom is 0.339 e. The Kier molecular flexibility index (Phi) is 3.25. The summed E-state index contributed by atoms with van der Waals surface area (Å²) in [5.74, 6) is 0.303. The van der Waals surface area contributed by atoms with Crippen LogP contribution in [0.2, 0.25) is 5.02 Å². The predicted molar refractivity (Wildman–Crippen MR) is 84.3 cm³/mol. The van der Waals surface area contributed by atoms with Crippen LogP contribution in [0.25, 0.3) is 0 Å². The van der Waals surface area contributed by atoms with Gasteiger partial charge in [0, 0.05) is 11.1 Å². The number of rotatable bonds is 2. The molecule has 114 valence electrons. The van der Waals surface area contributed by atoms with Crippen LogP contribution in [0.4, 0.5) is 5.69 Å². The van der Waals surface area contributed by atoms with Gasteiger partial charge in [-0.2, -0.15) is 0 Å². The third kappa shape index (κ3) is 2.05. The molecule has 21 heavy (non-hydrogen) atoms. The molecule has 3 atom stereocenters. The van der Waals surface area contributed by atoms with E-state index in [4.69, 9.17) is 22.1 Å². The summed E-state index contributed by atoms with van der Waals surface area (Å²) in [7, 11) is 0. The lowest BCUT2D eigenvalue weighted by atomic mass is 9.70. The number of nitrogen functional groups attached to an aromatic ring is 1. The summed E-state index contributed by atoms with van der Waals surface area (Å²) in [6.07, 6.45) is 3.30. The van der Waals surface area contributed by atoms with E-state index >= 15 is 0 Å². The molecular weight excluding hydrogens is 286 g/mol. The zero-order valence-electron chi connectivity index (χ0n) is 12.8. The van der Waals surface area contributed by atoms with Gasteiger partial charge in [0.25, 0.3) is 0 Å². The van der Waals surface area contributed by atoms with Crippen LogP contribution < -0.4 is 5.73 Å². The molecular formula is C17H22ClNO2. The van der Waals surface area contributed by atoms with Gasteiger partial charge in [-0.05, 0) is 48.8 Å². The zero-order chi connectivity index (χ0) is 15.4. The molecule has 0 spiro atoms. The van der Waals surface area contributed by atoms with E-state index in [1.165, 1.54) is 6.42 Å². The quantitative estimate of drug-likeness (QED) is 0.655. The molecule has 0 heterocycles. The van der Waals surface area contributed by atoms with Crippen LogP contribution in [-0.2, 0) is 4.74 Å². The van der Waals surface area contributed by atoms with Gasteiger partial charge in [0.1, 0.15) is 6.10 Å². The molecule has 1 aromatic carbocycles. The number of halogens is 1. The maximum atomic E-state index is 12.4. The topological polar surface area (TPSA) is 52.3 Å². The maximum absolute atomic E-state index is 12.4. The highest BCUT2D eigenvalue weighted by Crippen LogP contribution is 2.66. The number of fused-ring (bicyclic) bond motifs is 2. The van der Waals surface area contributed by atoms with Gasteiger partial charge in [-0.1, -0.05) is 32.4 Å². The first-order valence-electron chi connectivity index (χ1n) is 7.52. The van der Waals surface area contributed by atoms with Crippen molar-refractivity contribution < 1.29 is 9.53 Å². The normalized spacial score (nSPS) is 33.1. The average molecular weight is 308 g/mol. The van der Waals surface area contributed by atoms with Gasteiger partial charge < -0.3 is 10.5 Å². The second-order valence-electron chi connectivity index (χ2n) is 7.24. The molecule has 0 aromatic heterocycles. The summed E-state index contributed by atoms with van der Waals surface area (Å²) in [5, 5.41) is 0.354. The lowest BCUT2D eigenvalue weighted by molar-refractivity contribution is -0.0242. The highest BCUT2D eigenvalue weighted by molar-refractivity contribution is 6.33. The van der Waals surface area contributed by atoms with E-state index in [1.54, 1.807) is 18.2 Å². The third-order valence-corrected chi connectivity index (χ3v) is 6.49. The first-order valence-corrected chi connectivity index (χ1v) is 7.89. The minimum atomic E-state index is -0.338. The summed E-state index contributed by atoms with van der Waals surface area (Å²) in [5.41, 5.74) is 6.89. The van der Waals surface area contributed by atoms with Crippen LogP contribution >= 0.6 is 11.6 Å². The van der Waals surface area contributed by atoms with Crippen molar-refractivity contribution >= 4 is 23.3 Å². The lowest BCUT2D eigenvalue weighted by Gasteiger charge is -2.38. The number of benzene rings is 1. The largest absolute Gasteiger partial charge is 0.458 e. The number of carbonyl (C=O) groups is 1. The standard InChI is InChI=1S/C17H22ClNO2/c1-16(2)10-6-7-17(16,3)14(8-10)21-15(20)12-5-4-11(19)9-13(12)18/h4-5,9-10,14H,6-8,19H2,1-3H3. The summed E-state index contributed by atoms with van der Waals surface area (Å²) in [6.45, 7) is 6.85. The van der Waals surface area contributed by atoms with Crippen molar-refractivity contribution in [2.45, 2.75) is 46.1 Å². The Morgan fingerprint density at radius 1 is 1.38 bits per heavy atom. The lowest BCUT2D eigenvalue weighted by Crippen LogP contribution is -2.38. The number of anilines is 1. The number of ether oxygens (including phenoxy) is 1. The predicted octanol–water partition coefficient (Wildman–Crippen LogP) is 4.29. The molecule has 3 rings (SSSR count). The SMILES string of the molecule is CC1(C)C2CCC1(C)C(OC(=O)c1ccc(N)cc1Cl)C2. The second-order valence-corrected chi connectivity index (χ2v) is 7.65. The van der Waals surface area contributed by atoms with Gasteiger partial charge in [-0.25, -0.2) is 4.79 Å². The molecule has 2 fully saturated rings. The highest BCUT2D eigenvalue weighted by Gasteiger charge is 2.62. The minimum absolute atomic E-state index is 0.0210. The fraction of sp³-hybridized carbons (Fsp3) is 0.588. The number of hydrogen-bond donors (Lipinski definition) is 1. The van der Waals surface area contributed by atoms with E-state index in [-0.39, 0.29) is 22.9 Å². The fourth-order valence-corrected chi connectivity index (χ4v) is 4.46. The Hall–Kier alpha value is -1.22. The Bertz CT molecular complexity index is 598. The Morgan fingerprint density at radius 3 is 2.62 bits per heavy atom. The third-order valence-electron chi connectivity index (χ3n) is 6.18. The molecule has 3 unspecified atom stereocenters. The fourth-order valence-electron chi connectivity index (χ4n) is 4.20. The summed E-state index contributed by atoms with van der Waals surface area (Å²) >= 11 is 6.10. The van der Waals surface area contributed by atoms with Gasteiger partial charge in [0.05, 0.1) is 10.6 Å². The van der Waals surface area contributed by atoms with Crippen molar-refractivity contribution in [1.82, 2.24) is 0 Å². The summed E-state index contributed by atoms with van der Waals surface area (Å²) in [6, 6.07) is 4.90. The van der Waals surface area contributed by atoms with Crippen LogP contribution in [0, 0.1) is 16.7 Å². The highest BCUT2D eigenvalue weighted by atomic mass is 35.5. The number of hydrogen-bond acceptors (Lipinski definition) is 3. The first kappa shape index (κ1) is 14.7. The van der Waals surface area contributed by atoms with E-state index in [9.17, 15) is 4.79 Å².